The Balaban J connectivity index is 1.90. The quantitative estimate of drug-likeness (QED) is 0.570. The molecule has 0 saturated heterocycles. The second-order valence-corrected chi connectivity index (χ2v) is 9.94. The minimum Gasteiger partial charge on any atom is -0.486 e. The van der Waals surface area contributed by atoms with Crippen LogP contribution >= 0.6 is 11.3 Å². The maximum Gasteiger partial charge on any atom is 0.257 e. The average Bonchev–Trinajstić information content (AvgIpc) is 2.97. The van der Waals surface area contributed by atoms with Crippen LogP contribution < -0.4 is 14.2 Å². The summed E-state index contributed by atoms with van der Waals surface area (Å²) in [5.41, 5.74) is 1.71. The number of hydrogen-bond acceptors (Lipinski definition) is 7. The first-order chi connectivity index (χ1) is 13.7. The standard InChI is InChI=1S/C19H21FN4O3S2/c1-11-12(2)28-18(21-11)10-27-13-6-7-15(20)14(8-13)16-9-17(24-29(4,5)25)19(26-3)23-22-16/h6-9H,4,10H2,1-3,5H3,(H,22,24,25). The van der Waals surface area contributed by atoms with Gasteiger partial charge in [0.25, 0.3) is 5.88 Å². The fourth-order valence-electron chi connectivity index (χ4n) is 2.51. The van der Waals surface area contributed by atoms with Gasteiger partial charge in [-0.2, -0.15) is 0 Å². The van der Waals surface area contributed by atoms with Crippen molar-refractivity contribution in [3.63, 3.8) is 0 Å². The Kier molecular flexibility index (Phi) is 6.04. The second kappa shape index (κ2) is 8.34. The van der Waals surface area contributed by atoms with E-state index in [1.165, 1.54) is 37.6 Å². The van der Waals surface area contributed by atoms with Crippen LogP contribution in [0.1, 0.15) is 15.6 Å². The van der Waals surface area contributed by atoms with Gasteiger partial charge in [-0.3, -0.25) is 0 Å². The van der Waals surface area contributed by atoms with Crippen LogP contribution in [0, 0.1) is 19.7 Å². The van der Waals surface area contributed by atoms with Crippen LogP contribution in [0.15, 0.2) is 24.3 Å². The summed E-state index contributed by atoms with van der Waals surface area (Å²) in [7, 11) is -1.18. The predicted octanol–water partition coefficient (Wildman–Crippen LogP) is 3.62. The van der Waals surface area contributed by atoms with Crippen molar-refractivity contribution < 1.29 is 18.1 Å². The second-order valence-electron chi connectivity index (χ2n) is 6.44. The van der Waals surface area contributed by atoms with Gasteiger partial charge in [0.2, 0.25) is 0 Å². The summed E-state index contributed by atoms with van der Waals surface area (Å²) in [6.07, 6.45) is 1.43. The van der Waals surface area contributed by atoms with Crippen molar-refractivity contribution in [1.82, 2.24) is 15.2 Å². The summed E-state index contributed by atoms with van der Waals surface area (Å²) in [6, 6.07) is 5.88. The summed E-state index contributed by atoms with van der Waals surface area (Å²) in [5, 5.41) is 8.78. The van der Waals surface area contributed by atoms with Gasteiger partial charge in [0.15, 0.2) is 0 Å². The van der Waals surface area contributed by atoms with Crippen LogP contribution in [0.2, 0.25) is 0 Å². The fraction of sp³-hybridized carbons (Fsp3) is 0.263. The predicted molar refractivity (Wildman–Crippen MR) is 115 cm³/mol. The van der Waals surface area contributed by atoms with Crippen LogP contribution in [0.3, 0.4) is 0 Å². The minimum atomic E-state index is -2.59. The van der Waals surface area contributed by atoms with Crippen molar-refractivity contribution in [2.24, 2.45) is 0 Å². The van der Waals surface area contributed by atoms with Crippen molar-refractivity contribution >= 4 is 32.6 Å². The van der Waals surface area contributed by atoms with E-state index in [9.17, 15) is 8.60 Å². The molecule has 0 bridgehead atoms. The summed E-state index contributed by atoms with van der Waals surface area (Å²) in [5.74, 6) is 3.66. The number of rotatable bonds is 7. The molecule has 2 heterocycles. The molecule has 29 heavy (non-hydrogen) atoms. The number of aryl methyl sites for hydroxylation is 2. The lowest BCUT2D eigenvalue weighted by molar-refractivity contribution is 0.305. The van der Waals surface area contributed by atoms with E-state index in [0.29, 0.717) is 11.4 Å². The van der Waals surface area contributed by atoms with Gasteiger partial charge in [0.1, 0.15) is 28.9 Å². The Bertz CT molecular complexity index is 1130. The zero-order valence-electron chi connectivity index (χ0n) is 16.5. The number of thiazole rings is 1. The Morgan fingerprint density at radius 2 is 2.03 bits per heavy atom. The molecule has 0 saturated carbocycles. The topological polar surface area (TPSA) is 86.2 Å². The molecule has 1 atom stereocenters. The van der Waals surface area contributed by atoms with E-state index in [4.69, 9.17) is 9.47 Å². The van der Waals surface area contributed by atoms with Crippen molar-refractivity contribution in [3.8, 4) is 22.9 Å². The zero-order chi connectivity index (χ0) is 21.2. The van der Waals surface area contributed by atoms with E-state index in [2.05, 4.69) is 25.8 Å². The molecule has 0 radical (unpaired) electrons. The van der Waals surface area contributed by atoms with Gasteiger partial charge in [0, 0.05) is 26.4 Å². The van der Waals surface area contributed by atoms with Gasteiger partial charge in [-0.1, -0.05) is 0 Å². The molecule has 2 aromatic heterocycles. The third-order valence-corrected chi connectivity index (χ3v) is 5.63. The molecule has 3 rings (SSSR count). The molecule has 0 aliphatic rings. The number of halogens is 1. The molecule has 1 aromatic carbocycles. The lowest BCUT2D eigenvalue weighted by atomic mass is 10.1. The molecular weight excluding hydrogens is 415 g/mol. The molecule has 0 aliphatic heterocycles. The van der Waals surface area contributed by atoms with Crippen molar-refractivity contribution in [1.29, 1.82) is 0 Å². The highest BCUT2D eigenvalue weighted by Gasteiger charge is 2.15. The minimum absolute atomic E-state index is 0.134. The van der Waals surface area contributed by atoms with Gasteiger partial charge in [-0.25, -0.2) is 13.6 Å². The van der Waals surface area contributed by atoms with Crippen molar-refractivity contribution in [2.45, 2.75) is 20.5 Å². The first-order valence-corrected chi connectivity index (χ1v) is 11.5. The van der Waals surface area contributed by atoms with E-state index in [-0.39, 0.29) is 23.7 Å². The van der Waals surface area contributed by atoms with E-state index < -0.39 is 15.5 Å². The third kappa shape index (κ3) is 5.21. The van der Waals surface area contributed by atoms with E-state index in [1.807, 2.05) is 13.8 Å². The van der Waals surface area contributed by atoms with Crippen molar-refractivity contribution in [2.75, 3.05) is 18.1 Å². The number of hydrogen-bond donors (Lipinski definition) is 1. The Hall–Kier alpha value is -2.72. The normalized spacial score (nSPS) is 13.0. The molecule has 3 aromatic rings. The summed E-state index contributed by atoms with van der Waals surface area (Å²) in [6.45, 7) is 4.23. The van der Waals surface area contributed by atoms with Crippen LogP contribution in [-0.2, 0) is 16.3 Å². The lowest BCUT2D eigenvalue weighted by Gasteiger charge is -2.13. The third-order valence-electron chi connectivity index (χ3n) is 3.93. The van der Waals surface area contributed by atoms with Gasteiger partial charge in [-0.15, -0.1) is 21.5 Å². The average molecular weight is 437 g/mol. The zero-order valence-corrected chi connectivity index (χ0v) is 18.1. The summed E-state index contributed by atoms with van der Waals surface area (Å²) < 4.78 is 40.1. The van der Waals surface area contributed by atoms with Crippen LogP contribution in [0.25, 0.3) is 11.3 Å². The molecular formula is C19H21FN4O3S2. The van der Waals surface area contributed by atoms with E-state index >= 15 is 0 Å². The number of nitrogens with one attached hydrogen (secondary N) is 1. The number of aromatic nitrogens is 3. The Morgan fingerprint density at radius 3 is 2.66 bits per heavy atom. The Morgan fingerprint density at radius 1 is 1.28 bits per heavy atom. The molecule has 0 fully saturated rings. The van der Waals surface area contributed by atoms with E-state index in [1.54, 1.807) is 11.3 Å². The van der Waals surface area contributed by atoms with Crippen molar-refractivity contribution in [3.05, 3.63) is 45.7 Å². The molecule has 10 heteroatoms. The van der Waals surface area contributed by atoms with Gasteiger partial charge in [-0.05, 0) is 44.0 Å². The number of methoxy groups -OCH3 is 1. The maximum atomic E-state index is 14.5. The molecule has 7 nitrogen and oxygen atoms in total. The van der Waals surface area contributed by atoms with E-state index in [0.717, 1.165) is 15.6 Å². The molecule has 0 aliphatic carbocycles. The molecule has 1 unspecified atom stereocenters. The smallest absolute Gasteiger partial charge is 0.257 e. The molecule has 1 N–H and O–H groups in total. The van der Waals surface area contributed by atoms with Crippen LogP contribution in [-0.4, -0.2) is 38.6 Å². The first kappa shape index (κ1) is 21.0. The Labute approximate surface area is 173 Å². The molecule has 0 amide bonds. The van der Waals surface area contributed by atoms with Gasteiger partial charge in [0.05, 0.1) is 18.5 Å². The number of benzene rings is 1. The number of ether oxygens (including phenoxy) is 2. The first-order valence-electron chi connectivity index (χ1n) is 8.53. The highest BCUT2D eigenvalue weighted by atomic mass is 32.2. The highest BCUT2D eigenvalue weighted by molar-refractivity contribution is 8.00. The van der Waals surface area contributed by atoms with Crippen LogP contribution in [0.4, 0.5) is 10.1 Å². The monoisotopic (exact) mass is 436 g/mol. The number of anilines is 1. The van der Waals surface area contributed by atoms with Gasteiger partial charge >= 0.3 is 0 Å². The molecule has 154 valence electrons. The fourth-order valence-corrected chi connectivity index (χ4v) is 3.96. The van der Waals surface area contributed by atoms with Gasteiger partial charge < -0.3 is 14.2 Å². The SMILES string of the molecule is C=S(C)(=O)Nc1cc(-c2cc(OCc3nc(C)c(C)s3)ccc2F)nnc1OC. The lowest BCUT2D eigenvalue weighted by Crippen LogP contribution is -2.11. The molecule has 0 spiro atoms. The highest BCUT2D eigenvalue weighted by Crippen LogP contribution is 2.31. The maximum absolute atomic E-state index is 14.5. The number of nitrogens with zero attached hydrogens (tertiary/aromatic N) is 3. The largest absolute Gasteiger partial charge is 0.486 e. The summed E-state index contributed by atoms with van der Waals surface area (Å²) >= 11 is 1.56. The van der Waals surface area contributed by atoms with Crippen LogP contribution in [0.5, 0.6) is 11.6 Å². The summed E-state index contributed by atoms with van der Waals surface area (Å²) in [4.78, 5) is 5.56.